The first kappa shape index (κ1) is 25.4. The van der Waals surface area contributed by atoms with Crippen LogP contribution in [0.4, 0.5) is 5.95 Å². The SMILES string of the molecule is [O-][S+](c1ccc(Cl)cc1)N1CCC[C@@H](Nc2nccc(-c3c(-c4ccc(Cl)c(O)c4)nc4sccn34)n2)C1. The number of anilines is 1. The number of benzene rings is 2. The number of thiazole rings is 1. The summed E-state index contributed by atoms with van der Waals surface area (Å²) in [6, 6.07) is 14.1. The van der Waals surface area contributed by atoms with Crippen LogP contribution in [0.3, 0.4) is 0 Å². The highest BCUT2D eigenvalue weighted by molar-refractivity contribution is 7.89. The second-order valence-electron chi connectivity index (χ2n) is 8.87. The van der Waals surface area contributed by atoms with Gasteiger partial charge in [-0.3, -0.25) is 4.40 Å². The van der Waals surface area contributed by atoms with Crippen molar-refractivity contribution in [1.29, 1.82) is 0 Å². The molecule has 38 heavy (non-hydrogen) atoms. The quantitative estimate of drug-likeness (QED) is 0.231. The smallest absolute Gasteiger partial charge is 0.223 e. The lowest BCUT2D eigenvalue weighted by Crippen LogP contribution is -2.45. The predicted octanol–water partition coefficient (Wildman–Crippen LogP) is 6.13. The normalized spacial score (nSPS) is 17.1. The Bertz CT molecular complexity index is 1590. The van der Waals surface area contributed by atoms with E-state index in [1.54, 1.807) is 42.6 Å². The zero-order chi connectivity index (χ0) is 26.2. The molecular weight excluding hydrogens is 563 g/mol. The van der Waals surface area contributed by atoms with Crippen molar-refractivity contribution in [1.82, 2.24) is 23.7 Å². The lowest BCUT2D eigenvalue weighted by Gasteiger charge is -2.32. The molecule has 2 aromatic carbocycles. The molecule has 1 aliphatic heterocycles. The second-order valence-corrected chi connectivity index (χ2v) is 12.1. The van der Waals surface area contributed by atoms with Crippen LogP contribution >= 0.6 is 34.5 Å². The summed E-state index contributed by atoms with van der Waals surface area (Å²) >= 11 is 12.3. The molecule has 0 aliphatic carbocycles. The van der Waals surface area contributed by atoms with E-state index >= 15 is 0 Å². The number of phenolic OH excluding ortho intramolecular Hbond substituents is 1. The number of halogens is 2. The maximum Gasteiger partial charge on any atom is 0.223 e. The van der Waals surface area contributed by atoms with Crippen LogP contribution < -0.4 is 5.32 Å². The summed E-state index contributed by atoms with van der Waals surface area (Å²) in [6.07, 6.45) is 5.48. The summed E-state index contributed by atoms with van der Waals surface area (Å²) in [5.41, 5.74) is 2.91. The fourth-order valence-electron chi connectivity index (χ4n) is 4.55. The van der Waals surface area contributed by atoms with E-state index in [1.165, 1.54) is 11.3 Å². The van der Waals surface area contributed by atoms with E-state index in [9.17, 15) is 9.66 Å². The Morgan fingerprint density at radius 3 is 2.76 bits per heavy atom. The van der Waals surface area contributed by atoms with Crippen LogP contribution in [0.25, 0.3) is 27.6 Å². The molecule has 1 unspecified atom stereocenters. The molecule has 2 N–H and O–H groups in total. The summed E-state index contributed by atoms with van der Waals surface area (Å²) < 4.78 is 17.1. The van der Waals surface area contributed by atoms with Gasteiger partial charge in [-0.05, 0) is 55.3 Å². The van der Waals surface area contributed by atoms with Crippen LogP contribution in [0, 0.1) is 0 Å². The molecule has 4 heterocycles. The molecule has 0 amide bonds. The first-order valence-corrected chi connectivity index (χ1v) is 14.7. The summed E-state index contributed by atoms with van der Waals surface area (Å²) in [5, 5.41) is 16.5. The number of nitrogens with one attached hydrogen (secondary N) is 1. The van der Waals surface area contributed by atoms with Crippen molar-refractivity contribution >= 4 is 56.8 Å². The number of hydrogen-bond acceptors (Lipinski definition) is 8. The van der Waals surface area contributed by atoms with E-state index < -0.39 is 11.4 Å². The Morgan fingerprint density at radius 1 is 1.11 bits per heavy atom. The first-order chi connectivity index (χ1) is 18.5. The molecule has 0 saturated carbocycles. The minimum Gasteiger partial charge on any atom is -0.593 e. The topological polar surface area (TPSA) is 102 Å². The molecule has 1 fully saturated rings. The van der Waals surface area contributed by atoms with Gasteiger partial charge in [0.25, 0.3) is 0 Å². The molecule has 194 valence electrons. The average Bonchev–Trinajstić information content (AvgIpc) is 3.52. The number of fused-ring (bicyclic) bond motifs is 1. The number of imidazole rings is 1. The summed E-state index contributed by atoms with van der Waals surface area (Å²) in [5.74, 6) is 0.482. The number of piperidine rings is 1. The molecular formula is C26H22Cl2N6O2S2. The Labute approximate surface area is 236 Å². The zero-order valence-corrected chi connectivity index (χ0v) is 23.1. The van der Waals surface area contributed by atoms with Gasteiger partial charge in [-0.25, -0.2) is 15.0 Å². The van der Waals surface area contributed by atoms with Gasteiger partial charge in [0.1, 0.15) is 11.4 Å². The molecule has 0 bridgehead atoms. The van der Waals surface area contributed by atoms with Crippen LogP contribution in [0.15, 0.2) is 71.2 Å². The minimum atomic E-state index is -1.27. The van der Waals surface area contributed by atoms with Crippen molar-refractivity contribution in [3.8, 4) is 28.4 Å². The van der Waals surface area contributed by atoms with Gasteiger partial charge in [-0.1, -0.05) is 29.3 Å². The van der Waals surface area contributed by atoms with Crippen LogP contribution in [-0.2, 0) is 11.4 Å². The van der Waals surface area contributed by atoms with Crippen LogP contribution in [-0.4, -0.2) is 52.4 Å². The van der Waals surface area contributed by atoms with E-state index in [-0.39, 0.29) is 16.8 Å². The third-order valence-corrected chi connectivity index (χ3v) is 9.15. The standard InChI is InChI=1S/C26H22Cl2N6O2S2/c27-17-4-6-19(7-5-17)38(36)33-11-1-2-18(15-33)30-25-29-10-9-21(31-25)24-23(32-26-34(24)12-13-37-26)16-3-8-20(28)22(35)14-16/h3-10,12-14,18,35H,1-2,11,15H2,(H,29,30,31)/t18-,38?/m1/s1. The second kappa shape index (κ2) is 10.7. The number of nitrogens with zero attached hydrogens (tertiary/aromatic N) is 5. The molecule has 3 aromatic heterocycles. The van der Waals surface area contributed by atoms with E-state index in [1.807, 2.05) is 32.4 Å². The fourth-order valence-corrected chi connectivity index (χ4v) is 6.78. The zero-order valence-electron chi connectivity index (χ0n) is 19.9. The maximum absolute atomic E-state index is 13.1. The Morgan fingerprint density at radius 2 is 1.95 bits per heavy atom. The van der Waals surface area contributed by atoms with E-state index in [4.69, 9.17) is 33.2 Å². The van der Waals surface area contributed by atoms with Gasteiger partial charge in [-0.15, -0.1) is 15.6 Å². The van der Waals surface area contributed by atoms with E-state index in [0.717, 1.165) is 40.5 Å². The third-order valence-electron chi connectivity index (χ3n) is 6.35. The van der Waals surface area contributed by atoms with Crippen molar-refractivity contribution in [2.75, 3.05) is 18.4 Å². The predicted molar refractivity (Wildman–Crippen MR) is 152 cm³/mol. The monoisotopic (exact) mass is 584 g/mol. The molecule has 2 atom stereocenters. The lowest BCUT2D eigenvalue weighted by molar-refractivity contribution is 0.326. The molecule has 6 rings (SSSR count). The van der Waals surface area contributed by atoms with Crippen LogP contribution in [0.5, 0.6) is 5.75 Å². The summed E-state index contributed by atoms with van der Waals surface area (Å²) in [4.78, 5) is 15.6. The van der Waals surface area contributed by atoms with Crippen LogP contribution in [0.2, 0.25) is 10.0 Å². The molecule has 1 aliphatic rings. The first-order valence-electron chi connectivity index (χ1n) is 11.9. The van der Waals surface area contributed by atoms with Gasteiger partial charge in [0.05, 0.1) is 34.3 Å². The van der Waals surface area contributed by atoms with Crippen LogP contribution in [0.1, 0.15) is 12.8 Å². The molecule has 0 radical (unpaired) electrons. The Kier molecular flexibility index (Phi) is 7.17. The van der Waals surface area contributed by atoms with Crippen molar-refractivity contribution in [3.05, 3.63) is 76.3 Å². The fraction of sp³-hybridized carbons (Fsp3) is 0.192. The molecule has 5 aromatic rings. The average molecular weight is 586 g/mol. The lowest BCUT2D eigenvalue weighted by atomic mass is 10.1. The van der Waals surface area contributed by atoms with E-state index in [2.05, 4.69) is 10.3 Å². The van der Waals surface area contributed by atoms with Crippen molar-refractivity contribution in [2.24, 2.45) is 0 Å². The van der Waals surface area contributed by atoms with Gasteiger partial charge < -0.3 is 15.0 Å². The molecule has 1 saturated heterocycles. The number of rotatable bonds is 6. The van der Waals surface area contributed by atoms with Gasteiger partial charge in [0.15, 0.2) is 9.86 Å². The van der Waals surface area contributed by atoms with Gasteiger partial charge >= 0.3 is 0 Å². The highest BCUT2D eigenvalue weighted by Crippen LogP contribution is 2.36. The summed E-state index contributed by atoms with van der Waals surface area (Å²) in [7, 11) is 0. The van der Waals surface area contributed by atoms with Gasteiger partial charge in [-0.2, -0.15) is 0 Å². The molecule has 8 nitrogen and oxygen atoms in total. The van der Waals surface area contributed by atoms with Crippen molar-refractivity contribution in [2.45, 2.75) is 23.8 Å². The van der Waals surface area contributed by atoms with Gasteiger partial charge in [0.2, 0.25) is 5.95 Å². The largest absolute Gasteiger partial charge is 0.593 e. The molecule has 0 spiro atoms. The van der Waals surface area contributed by atoms with E-state index in [0.29, 0.717) is 28.9 Å². The number of aromatic hydroxyl groups is 1. The van der Waals surface area contributed by atoms with Crippen molar-refractivity contribution in [3.63, 3.8) is 0 Å². The summed E-state index contributed by atoms with van der Waals surface area (Å²) in [6.45, 7) is 1.34. The Balaban J connectivity index is 1.26. The minimum absolute atomic E-state index is 0.00523. The number of hydrogen-bond donors (Lipinski definition) is 2. The highest BCUT2D eigenvalue weighted by Gasteiger charge is 2.30. The van der Waals surface area contributed by atoms with Gasteiger partial charge in [0, 0.05) is 40.9 Å². The maximum atomic E-state index is 13.1. The third kappa shape index (κ3) is 5.07. The number of phenols is 1. The Hall–Kier alpha value is -2.86. The molecule has 12 heteroatoms. The van der Waals surface area contributed by atoms with Crippen molar-refractivity contribution < 1.29 is 9.66 Å². The number of aromatic nitrogens is 4. The highest BCUT2D eigenvalue weighted by atomic mass is 35.5.